The quantitative estimate of drug-likeness (QED) is 0.139. The number of thiocarbonyl (C=S) groups is 1. The van der Waals surface area contributed by atoms with Crippen molar-refractivity contribution in [2.24, 2.45) is 0 Å². The van der Waals surface area contributed by atoms with Gasteiger partial charge in [-0.15, -0.1) is 0 Å². The fourth-order valence-electron chi connectivity index (χ4n) is 1.96. The van der Waals surface area contributed by atoms with Gasteiger partial charge in [0.25, 0.3) is 5.69 Å². The van der Waals surface area contributed by atoms with Crippen molar-refractivity contribution >= 4 is 69.4 Å². The lowest BCUT2D eigenvalue weighted by molar-refractivity contribution is -0.384. The maximum atomic E-state index is 12.0. The van der Waals surface area contributed by atoms with Crippen LogP contribution in [0.3, 0.4) is 0 Å². The standard InChI is InChI=1S/C15H19Cl3N4O3S/c1-2-3-4-8-12(23)20-13(15(16,17)18)21-14(26)19-10-6-5-7-11(9-10)22(24)25/h5-7,9,13H,2-4,8H2,1H3,(H,20,23)(H2,19,21,26)/t13-/m0/s1. The number of alkyl halides is 3. The van der Waals surface area contributed by atoms with Gasteiger partial charge in [0.15, 0.2) is 5.11 Å². The second-order valence-corrected chi connectivity index (χ2v) is 8.18. The molecule has 1 aromatic rings. The Morgan fingerprint density at radius 2 is 2.00 bits per heavy atom. The number of carbonyl (C=O) groups excluding carboxylic acids is 1. The van der Waals surface area contributed by atoms with E-state index in [1.54, 1.807) is 6.07 Å². The molecule has 7 nitrogen and oxygen atoms in total. The number of hydrogen-bond donors (Lipinski definition) is 3. The van der Waals surface area contributed by atoms with E-state index in [1.807, 2.05) is 6.92 Å². The zero-order chi connectivity index (χ0) is 19.7. The van der Waals surface area contributed by atoms with E-state index in [2.05, 4.69) is 16.0 Å². The van der Waals surface area contributed by atoms with Gasteiger partial charge in [-0.3, -0.25) is 14.9 Å². The van der Waals surface area contributed by atoms with E-state index in [0.29, 0.717) is 12.1 Å². The molecule has 0 bridgehead atoms. The predicted octanol–water partition coefficient (Wildman–Crippen LogP) is 4.27. The van der Waals surface area contributed by atoms with Gasteiger partial charge in [-0.1, -0.05) is 60.6 Å². The van der Waals surface area contributed by atoms with Gasteiger partial charge >= 0.3 is 0 Å². The number of non-ortho nitro benzene ring substituents is 1. The van der Waals surface area contributed by atoms with Gasteiger partial charge in [-0.25, -0.2) is 0 Å². The van der Waals surface area contributed by atoms with Crippen molar-refractivity contribution in [3.05, 3.63) is 34.4 Å². The number of benzene rings is 1. The number of nitro benzene ring substituents is 1. The van der Waals surface area contributed by atoms with Crippen molar-refractivity contribution < 1.29 is 9.72 Å². The van der Waals surface area contributed by atoms with E-state index < -0.39 is 14.9 Å². The summed E-state index contributed by atoms with van der Waals surface area (Å²) >= 11 is 22.8. The highest BCUT2D eigenvalue weighted by atomic mass is 35.6. The van der Waals surface area contributed by atoms with E-state index in [-0.39, 0.29) is 16.7 Å². The smallest absolute Gasteiger partial charge is 0.271 e. The molecule has 0 aliphatic rings. The summed E-state index contributed by atoms with van der Waals surface area (Å²) in [7, 11) is 0. The van der Waals surface area contributed by atoms with Crippen molar-refractivity contribution in [3.8, 4) is 0 Å². The Kier molecular flexibility index (Phi) is 9.35. The summed E-state index contributed by atoms with van der Waals surface area (Å²) in [4.78, 5) is 22.3. The van der Waals surface area contributed by atoms with Crippen LogP contribution in [0.4, 0.5) is 11.4 Å². The Hall–Kier alpha value is -1.35. The van der Waals surface area contributed by atoms with E-state index in [4.69, 9.17) is 47.0 Å². The first-order chi connectivity index (χ1) is 12.1. The summed E-state index contributed by atoms with van der Waals surface area (Å²) in [6.07, 6.45) is 1.87. The highest BCUT2D eigenvalue weighted by Gasteiger charge is 2.34. The van der Waals surface area contributed by atoms with Crippen LogP contribution in [0.5, 0.6) is 0 Å². The third-order valence-electron chi connectivity index (χ3n) is 3.23. The zero-order valence-corrected chi connectivity index (χ0v) is 17.0. The van der Waals surface area contributed by atoms with Crippen LogP contribution in [0.2, 0.25) is 0 Å². The lowest BCUT2D eigenvalue weighted by atomic mass is 10.2. The topological polar surface area (TPSA) is 96.3 Å². The minimum absolute atomic E-state index is 0.0377. The molecule has 0 saturated heterocycles. The van der Waals surface area contributed by atoms with Crippen LogP contribution in [0, 0.1) is 10.1 Å². The summed E-state index contributed by atoms with van der Waals surface area (Å²) in [5.74, 6) is -0.277. The molecule has 1 atom stereocenters. The van der Waals surface area contributed by atoms with Crippen molar-refractivity contribution in [1.82, 2.24) is 10.6 Å². The predicted molar refractivity (Wildman–Crippen MR) is 109 cm³/mol. The molecule has 0 radical (unpaired) electrons. The fourth-order valence-corrected chi connectivity index (χ4v) is 2.53. The van der Waals surface area contributed by atoms with Crippen LogP contribution in [-0.4, -0.2) is 25.9 Å². The molecule has 0 saturated carbocycles. The molecule has 0 heterocycles. The third-order valence-corrected chi connectivity index (χ3v) is 4.10. The van der Waals surface area contributed by atoms with Crippen LogP contribution in [0.25, 0.3) is 0 Å². The Morgan fingerprint density at radius 3 is 2.58 bits per heavy atom. The van der Waals surface area contributed by atoms with E-state index in [0.717, 1.165) is 19.3 Å². The molecule has 0 fully saturated rings. The Labute approximate surface area is 171 Å². The lowest BCUT2D eigenvalue weighted by Crippen LogP contribution is -2.56. The van der Waals surface area contributed by atoms with Gasteiger partial charge in [-0.05, 0) is 24.7 Å². The van der Waals surface area contributed by atoms with Crippen LogP contribution in [0.1, 0.15) is 32.6 Å². The minimum atomic E-state index is -1.85. The number of hydrogen-bond acceptors (Lipinski definition) is 4. The molecule has 1 aromatic carbocycles. The maximum Gasteiger partial charge on any atom is 0.271 e. The highest BCUT2D eigenvalue weighted by molar-refractivity contribution is 7.80. The minimum Gasteiger partial charge on any atom is -0.339 e. The molecule has 3 N–H and O–H groups in total. The Bertz CT molecular complexity index is 655. The van der Waals surface area contributed by atoms with Gasteiger partial charge in [0, 0.05) is 24.2 Å². The van der Waals surface area contributed by atoms with Crippen molar-refractivity contribution in [1.29, 1.82) is 0 Å². The van der Waals surface area contributed by atoms with Gasteiger partial charge in [-0.2, -0.15) is 0 Å². The molecule has 0 aliphatic carbocycles. The largest absolute Gasteiger partial charge is 0.339 e. The molecule has 11 heteroatoms. The second-order valence-electron chi connectivity index (χ2n) is 5.41. The number of amides is 1. The number of nitrogens with one attached hydrogen (secondary N) is 3. The summed E-state index contributed by atoms with van der Waals surface area (Å²) in [5.41, 5.74) is 0.286. The number of anilines is 1. The van der Waals surface area contributed by atoms with E-state index in [9.17, 15) is 14.9 Å². The lowest BCUT2D eigenvalue weighted by Gasteiger charge is -2.27. The maximum absolute atomic E-state index is 12.0. The Morgan fingerprint density at radius 1 is 1.31 bits per heavy atom. The zero-order valence-electron chi connectivity index (χ0n) is 13.9. The van der Waals surface area contributed by atoms with Crippen molar-refractivity contribution in [2.45, 2.75) is 42.6 Å². The molecule has 26 heavy (non-hydrogen) atoms. The Balaban J connectivity index is 2.70. The summed E-state index contributed by atoms with van der Waals surface area (Å²) in [6.45, 7) is 2.03. The number of nitro groups is 1. The van der Waals surface area contributed by atoms with Gasteiger partial charge in [0.05, 0.1) is 4.92 Å². The van der Waals surface area contributed by atoms with Crippen molar-refractivity contribution in [2.75, 3.05) is 5.32 Å². The molecule has 1 rings (SSSR count). The number of unbranched alkanes of at least 4 members (excludes halogenated alkanes) is 2. The molecule has 0 unspecified atom stereocenters. The molecule has 144 valence electrons. The second kappa shape index (κ2) is 10.7. The normalized spacial score (nSPS) is 12.2. The van der Waals surface area contributed by atoms with Crippen LogP contribution in [-0.2, 0) is 4.79 Å². The SMILES string of the molecule is CCCCCC(=O)N[C@@H](NC(=S)Nc1cccc([N+](=O)[O-])c1)C(Cl)(Cl)Cl. The van der Waals surface area contributed by atoms with Crippen LogP contribution in [0.15, 0.2) is 24.3 Å². The molecular formula is C15H19Cl3N4O3S. The fraction of sp³-hybridized carbons (Fsp3) is 0.467. The number of carbonyl (C=O) groups is 1. The third kappa shape index (κ3) is 8.35. The number of nitrogens with zero attached hydrogens (tertiary/aromatic N) is 1. The number of halogens is 3. The first kappa shape index (κ1) is 22.7. The molecule has 0 spiro atoms. The summed E-state index contributed by atoms with van der Waals surface area (Å²) in [6, 6.07) is 5.75. The van der Waals surface area contributed by atoms with Crippen molar-refractivity contribution in [3.63, 3.8) is 0 Å². The average Bonchev–Trinajstić information content (AvgIpc) is 2.53. The van der Waals surface area contributed by atoms with E-state index >= 15 is 0 Å². The number of rotatable bonds is 8. The summed E-state index contributed by atoms with van der Waals surface area (Å²) < 4.78 is -1.85. The average molecular weight is 442 g/mol. The monoisotopic (exact) mass is 440 g/mol. The molecular weight excluding hydrogens is 423 g/mol. The van der Waals surface area contributed by atoms with Gasteiger partial charge in [0.1, 0.15) is 6.17 Å². The molecule has 1 amide bonds. The van der Waals surface area contributed by atoms with Crippen LogP contribution >= 0.6 is 47.0 Å². The first-order valence-electron chi connectivity index (χ1n) is 7.81. The van der Waals surface area contributed by atoms with E-state index in [1.165, 1.54) is 18.2 Å². The molecule has 0 aromatic heterocycles. The highest BCUT2D eigenvalue weighted by Crippen LogP contribution is 2.29. The van der Waals surface area contributed by atoms with Crippen LogP contribution < -0.4 is 16.0 Å². The van der Waals surface area contributed by atoms with Gasteiger partial charge < -0.3 is 16.0 Å². The van der Waals surface area contributed by atoms with Gasteiger partial charge in [0.2, 0.25) is 9.70 Å². The summed E-state index contributed by atoms with van der Waals surface area (Å²) in [5, 5.41) is 18.9. The first-order valence-corrected chi connectivity index (χ1v) is 9.35. The molecule has 0 aliphatic heterocycles.